The van der Waals surface area contributed by atoms with E-state index in [0.717, 1.165) is 44.3 Å². The minimum Gasteiger partial charge on any atom is -0.370 e. The highest BCUT2D eigenvalue weighted by molar-refractivity contribution is 6.00. The third-order valence-electron chi connectivity index (χ3n) is 4.74. The summed E-state index contributed by atoms with van der Waals surface area (Å²) >= 11 is 0. The molecule has 4 aromatic rings. The molecule has 5 nitrogen and oxygen atoms in total. The molecule has 0 spiro atoms. The van der Waals surface area contributed by atoms with E-state index in [4.69, 9.17) is 5.73 Å². The molecule has 6 heteroatoms. The van der Waals surface area contributed by atoms with E-state index >= 15 is 0 Å². The zero-order valence-electron chi connectivity index (χ0n) is 14.9. The summed E-state index contributed by atoms with van der Waals surface area (Å²) in [5.74, 6) is -0.647. The van der Waals surface area contributed by atoms with E-state index in [2.05, 4.69) is 21.3 Å². The molecule has 0 aliphatic heterocycles. The number of nitrogens with zero attached hydrogens (tertiary/aromatic N) is 2. The largest absolute Gasteiger partial charge is 0.370 e. The molecule has 4 rings (SSSR count). The first-order valence-electron chi connectivity index (χ1n) is 8.66. The molecule has 0 bridgehead atoms. The number of carbonyl (C=O) groups is 1. The van der Waals surface area contributed by atoms with Gasteiger partial charge >= 0.3 is 0 Å². The highest BCUT2D eigenvalue weighted by Gasteiger charge is 2.20. The maximum Gasteiger partial charge on any atom is 0.217 e. The number of nitrogens with one attached hydrogen (secondary N) is 1. The standard InChI is InChI=1S/C21H19FN4O/c1-12(2)21-16(7-8-20(23)27)17-10-18-13(11-24-25-18)9-19(17)26(21)15-5-3-14(22)4-6-15/h3-6,9-11H,1,7-8H2,2H3,(H2,23,27)(H,24,25). The fraction of sp³-hybridized carbons (Fsp3) is 0.143. The summed E-state index contributed by atoms with van der Waals surface area (Å²) < 4.78 is 15.5. The second-order valence-electron chi connectivity index (χ2n) is 6.71. The van der Waals surface area contributed by atoms with Gasteiger partial charge < -0.3 is 10.3 Å². The molecule has 1 amide bonds. The number of nitrogens with two attached hydrogens (primary N) is 1. The van der Waals surface area contributed by atoms with E-state index in [1.165, 1.54) is 12.1 Å². The maximum absolute atomic E-state index is 13.5. The summed E-state index contributed by atoms with van der Waals surface area (Å²) in [6.07, 6.45) is 2.51. The van der Waals surface area contributed by atoms with E-state index in [-0.39, 0.29) is 18.1 Å². The van der Waals surface area contributed by atoms with Gasteiger partial charge in [-0.25, -0.2) is 4.39 Å². The molecule has 0 radical (unpaired) electrons. The second-order valence-corrected chi connectivity index (χ2v) is 6.71. The Hall–Kier alpha value is -3.41. The quantitative estimate of drug-likeness (QED) is 0.561. The van der Waals surface area contributed by atoms with E-state index in [1.807, 2.05) is 19.1 Å². The first-order valence-corrected chi connectivity index (χ1v) is 8.66. The van der Waals surface area contributed by atoms with Crippen LogP contribution in [-0.4, -0.2) is 20.7 Å². The van der Waals surface area contributed by atoms with Gasteiger partial charge in [0.2, 0.25) is 5.91 Å². The van der Waals surface area contributed by atoms with Crippen LogP contribution in [0.25, 0.3) is 33.1 Å². The Balaban J connectivity index is 2.09. The minimum atomic E-state index is -0.354. The van der Waals surface area contributed by atoms with Gasteiger partial charge in [-0.2, -0.15) is 5.10 Å². The Bertz CT molecular complexity index is 1180. The lowest BCUT2D eigenvalue weighted by atomic mass is 10.0. The van der Waals surface area contributed by atoms with Crippen LogP contribution in [0.3, 0.4) is 0 Å². The molecular formula is C21H19FN4O. The van der Waals surface area contributed by atoms with Crippen molar-refractivity contribution >= 4 is 33.3 Å². The number of aromatic nitrogens is 3. The number of benzene rings is 2. The van der Waals surface area contributed by atoms with Gasteiger partial charge in [-0.05, 0) is 60.9 Å². The predicted octanol–water partition coefficient (Wildman–Crippen LogP) is 4.10. The van der Waals surface area contributed by atoms with Crippen molar-refractivity contribution in [1.29, 1.82) is 0 Å². The number of aryl methyl sites for hydroxylation is 1. The fourth-order valence-electron chi connectivity index (χ4n) is 3.60. The average Bonchev–Trinajstić information content (AvgIpc) is 3.20. The Morgan fingerprint density at radius 1 is 1.30 bits per heavy atom. The Morgan fingerprint density at radius 3 is 2.70 bits per heavy atom. The van der Waals surface area contributed by atoms with Gasteiger partial charge in [0, 0.05) is 22.9 Å². The van der Waals surface area contributed by atoms with Gasteiger partial charge in [0.25, 0.3) is 0 Å². The van der Waals surface area contributed by atoms with E-state index < -0.39 is 0 Å². The Morgan fingerprint density at radius 2 is 2.04 bits per heavy atom. The van der Waals surface area contributed by atoms with Gasteiger partial charge in [0.15, 0.2) is 0 Å². The smallest absolute Gasteiger partial charge is 0.217 e. The van der Waals surface area contributed by atoms with Gasteiger partial charge in [0.05, 0.1) is 22.9 Å². The lowest BCUT2D eigenvalue weighted by Gasteiger charge is -2.12. The van der Waals surface area contributed by atoms with Crippen molar-refractivity contribution < 1.29 is 9.18 Å². The van der Waals surface area contributed by atoms with Crippen LogP contribution in [0.5, 0.6) is 0 Å². The SMILES string of the molecule is C=C(C)c1c(CCC(N)=O)c2cc3[nH]ncc3cc2n1-c1ccc(F)cc1. The monoisotopic (exact) mass is 362 g/mol. The third kappa shape index (κ3) is 2.89. The number of allylic oxidation sites excluding steroid dienone is 1. The van der Waals surface area contributed by atoms with E-state index in [9.17, 15) is 9.18 Å². The first kappa shape index (κ1) is 17.0. The molecule has 0 atom stereocenters. The molecule has 27 heavy (non-hydrogen) atoms. The first-order chi connectivity index (χ1) is 13.0. The Kier molecular flexibility index (Phi) is 4.03. The molecule has 0 unspecified atom stereocenters. The van der Waals surface area contributed by atoms with Crippen molar-refractivity contribution in [2.24, 2.45) is 5.73 Å². The normalized spacial score (nSPS) is 11.3. The van der Waals surface area contributed by atoms with Crippen LogP contribution in [0.4, 0.5) is 4.39 Å². The van der Waals surface area contributed by atoms with Gasteiger partial charge in [-0.3, -0.25) is 9.89 Å². The van der Waals surface area contributed by atoms with Crippen molar-refractivity contribution in [3.8, 4) is 5.69 Å². The molecule has 0 saturated heterocycles. The van der Waals surface area contributed by atoms with Gasteiger partial charge in [-0.15, -0.1) is 0 Å². The van der Waals surface area contributed by atoms with Gasteiger partial charge in [-0.1, -0.05) is 6.58 Å². The van der Waals surface area contributed by atoms with Crippen molar-refractivity contribution in [2.75, 3.05) is 0 Å². The molecule has 0 saturated carbocycles. The number of hydrogen-bond acceptors (Lipinski definition) is 2. The molecule has 0 fully saturated rings. The molecule has 2 aromatic heterocycles. The van der Waals surface area contributed by atoms with E-state index in [1.54, 1.807) is 18.3 Å². The van der Waals surface area contributed by atoms with Crippen molar-refractivity contribution in [1.82, 2.24) is 14.8 Å². The summed E-state index contributed by atoms with van der Waals surface area (Å²) in [5, 5.41) is 9.06. The highest BCUT2D eigenvalue weighted by atomic mass is 19.1. The van der Waals surface area contributed by atoms with Crippen LogP contribution in [0.2, 0.25) is 0 Å². The van der Waals surface area contributed by atoms with Crippen LogP contribution in [0.1, 0.15) is 24.6 Å². The number of fused-ring (bicyclic) bond motifs is 2. The lowest BCUT2D eigenvalue weighted by Crippen LogP contribution is -2.11. The maximum atomic E-state index is 13.5. The van der Waals surface area contributed by atoms with Gasteiger partial charge in [0.1, 0.15) is 5.82 Å². The topological polar surface area (TPSA) is 76.7 Å². The summed E-state index contributed by atoms with van der Waals surface area (Å²) in [5.41, 5.74) is 10.9. The summed E-state index contributed by atoms with van der Waals surface area (Å²) in [7, 11) is 0. The summed E-state index contributed by atoms with van der Waals surface area (Å²) in [4.78, 5) is 11.4. The number of hydrogen-bond donors (Lipinski definition) is 2. The second kappa shape index (κ2) is 6.39. The average molecular weight is 362 g/mol. The minimum absolute atomic E-state index is 0.240. The molecule has 3 N–H and O–H groups in total. The predicted molar refractivity (Wildman–Crippen MR) is 105 cm³/mol. The Labute approximate surface area is 155 Å². The van der Waals surface area contributed by atoms with Crippen LogP contribution in [0.15, 0.2) is 49.2 Å². The lowest BCUT2D eigenvalue weighted by molar-refractivity contribution is -0.117. The fourth-order valence-corrected chi connectivity index (χ4v) is 3.60. The molecule has 0 aliphatic rings. The summed E-state index contributed by atoms with van der Waals surface area (Å²) in [6.45, 7) is 6.06. The molecule has 2 heterocycles. The number of amides is 1. The van der Waals surface area contributed by atoms with Crippen LogP contribution < -0.4 is 5.73 Å². The van der Waals surface area contributed by atoms with Crippen LogP contribution in [0, 0.1) is 5.82 Å². The number of carbonyl (C=O) groups excluding carboxylic acids is 1. The number of halogens is 1. The molecule has 136 valence electrons. The van der Waals surface area contributed by atoms with Crippen molar-refractivity contribution in [2.45, 2.75) is 19.8 Å². The highest BCUT2D eigenvalue weighted by Crippen LogP contribution is 2.36. The molecular weight excluding hydrogens is 343 g/mol. The zero-order valence-corrected chi connectivity index (χ0v) is 14.9. The number of rotatable bonds is 5. The van der Waals surface area contributed by atoms with E-state index in [0.29, 0.717) is 6.42 Å². The molecule has 0 aliphatic carbocycles. The van der Waals surface area contributed by atoms with Crippen LogP contribution in [-0.2, 0) is 11.2 Å². The number of aromatic amines is 1. The third-order valence-corrected chi connectivity index (χ3v) is 4.74. The van der Waals surface area contributed by atoms with Crippen molar-refractivity contribution in [3.05, 3.63) is 66.2 Å². The summed E-state index contributed by atoms with van der Waals surface area (Å²) in [6, 6.07) is 10.4. The molecule has 2 aromatic carbocycles. The van der Waals surface area contributed by atoms with Crippen LogP contribution >= 0.6 is 0 Å². The van der Waals surface area contributed by atoms with Crippen molar-refractivity contribution in [3.63, 3.8) is 0 Å². The zero-order chi connectivity index (χ0) is 19.1. The number of H-pyrrole nitrogens is 1. The number of primary amides is 1.